The van der Waals surface area contributed by atoms with Gasteiger partial charge in [0.15, 0.2) is 0 Å². The molecule has 1 aliphatic heterocycles. The number of phenolic OH excluding ortho intramolecular Hbond substituents is 1. The summed E-state index contributed by atoms with van der Waals surface area (Å²) in [4.78, 5) is 12.0. The Morgan fingerprint density at radius 1 is 1.53 bits per heavy atom. The van der Waals surface area contributed by atoms with Crippen LogP contribution in [0.5, 0.6) is 5.75 Å². The third-order valence-electron chi connectivity index (χ3n) is 3.47. The van der Waals surface area contributed by atoms with E-state index >= 15 is 0 Å². The van der Waals surface area contributed by atoms with E-state index < -0.39 is 0 Å². The number of carbonyl (C=O) groups excluding carboxylic acids is 1. The van der Waals surface area contributed by atoms with E-state index in [1.54, 1.807) is 18.2 Å². The molecule has 2 atom stereocenters. The quantitative estimate of drug-likeness (QED) is 0.858. The normalized spacial score (nSPS) is 20.2. The van der Waals surface area contributed by atoms with Crippen LogP contribution in [0.15, 0.2) is 24.3 Å². The highest BCUT2D eigenvalue weighted by atomic mass is 16.5. The van der Waals surface area contributed by atoms with Crippen molar-refractivity contribution in [2.75, 3.05) is 6.61 Å². The Bertz CT molecular complexity index is 427. The van der Waals surface area contributed by atoms with Gasteiger partial charge >= 0.3 is 0 Å². The first kappa shape index (κ1) is 13.9. The third kappa shape index (κ3) is 3.96. The van der Waals surface area contributed by atoms with E-state index in [-0.39, 0.29) is 17.7 Å². The number of rotatable bonds is 5. The monoisotopic (exact) mass is 263 g/mol. The first-order valence-corrected chi connectivity index (χ1v) is 6.87. The highest BCUT2D eigenvalue weighted by Gasteiger charge is 2.18. The molecule has 104 valence electrons. The number of hydrogen-bond acceptors (Lipinski definition) is 3. The Balaban J connectivity index is 1.79. The van der Waals surface area contributed by atoms with Gasteiger partial charge in [-0.05, 0) is 44.7 Å². The van der Waals surface area contributed by atoms with E-state index in [2.05, 4.69) is 5.32 Å². The molecule has 1 aliphatic rings. The lowest BCUT2D eigenvalue weighted by atomic mass is 10.1. The van der Waals surface area contributed by atoms with E-state index in [1.165, 1.54) is 6.07 Å². The SMILES string of the molecule is CC(CCC1CCCO1)NC(=O)c1ccccc1O. The zero-order valence-corrected chi connectivity index (χ0v) is 11.3. The summed E-state index contributed by atoms with van der Waals surface area (Å²) in [5, 5.41) is 12.5. The van der Waals surface area contributed by atoms with Crippen molar-refractivity contribution in [1.29, 1.82) is 0 Å². The molecular formula is C15H21NO3. The molecule has 2 rings (SSSR count). The molecule has 1 saturated heterocycles. The molecule has 4 nitrogen and oxygen atoms in total. The summed E-state index contributed by atoms with van der Waals surface area (Å²) < 4.78 is 5.56. The van der Waals surface area contributed by atoms with E-state index in [0.717, 1.165) is 32.3 Å². The highest BCUT2D eigenvalue weighted by Crippen LogP contribution is 2.18. The Kier molecular flexibility index (Phi) is 4.80. The van der Waals surface area contributed by atoms with Crippen molar-refractivity contribution < 1.29 is 14.6 Å². The largest absolute Gasteiger partial charge is 0.507 e. The maximum Gasteiger partial charge on any atom is 0.255 e. The second-order valence-electron chi connectivity index (χ2n) is 5.10. The summed E-state index contributed by atoms with van der Waals surface area (Å²) in [5.41, 5.74) is 0.325. The molecule has 2 N–H and O–H groups in total. The van der Waals surface area contributed by atoms with Crippen LogP contribution < -0.4 is 5.32 Å². The summed E-state index contributed by atoms with van der Waals surface area (Å²) in [6, 6.07) is 6.67. The zero-order valence-electron chi connectivity index (χ0n) is 11.3. The van der Waals surface area contributed by atoms with Crippen LogP contribution in [0.1, 0.15) is 43.0 Å². The number of ether oxygens (including phenoxy) is 1. The van der Waals surface area contributed by atoms with Gasteiger partial charge in [0.1, 0.15) is 5.75 Å². The minimum Gasteiger partial charge on any atom is -0.507 e. The summed E-state index contributed by atoms with van der Waals surface area (Å²) in [5.74, 6) is -0.204. The van der Waals surface area contributed by atoms with Crippen LogP contribution in [0.4, 0.5) is 0 Å². The second kappa shape index (κ2) is 6.57. The average molecular weight is 263 g/mol. The Labute approximate surface area is 113 Å². The van der Waals surface area contributed by atoms with Crippen molar-refractivity contribution in [3.8, 4) is 5.75 Å². The Hall–Kier alpha value is -1.55. The molecule has 0 bridgehead atoms. The Morgan fingerprint density at radius 2 is 2.32 bits per heavy atom. The van der Waals surface area contributed by atoms with Crippen LogP contribution in [0.3, 0.4) is 0 Å². The van der Waals surface area contributed by atoms with Gasteiger partial charge in [-0.15, -0.1) is 0 Å². The molecule has 0 radical (unpaired) electrons. The summed E-state index contributed by atoms with van der Waals surface area (Å²) in [7, 11) is 0. The lowest BCUT2D eigenvalue weighted by Gasteiger charge is -2.16. The molecule has 2 unspecified atom stereocenters. The van der Waals surface area contributed by atoms with Crippen LogP contribution in [0.25, 0.3) is 0 Å². The topological polar surface area (TPSA) is 58.6 Å². The van der Waals surface area contributed by atoms with Crippen LogP contribution in [0, 0.1) is 0 Å². The van der Waals surface area contributed by atoms with Crippen molar-refractivity contribution in [3.05, 3.63) is 29.8 Å². The van der Waals surface area contributed by atoms with Gasteiger partial charge in [0.2, 0.25) is 0 Å². The molecule has 0 aliphatic carbocycles. The molecule has 0 aromatic heterocycles. The Morgan fingerprint density at radius 3 is 3.00 bits per heavy atom. The molecule has 0 spiro atoms. The fourth-order valence-corrected chi connectivity index (χ4v) is 2.35. The molecule has 1 heterocycles. The van der Waals surface area contributed by atoms with Gasteiger partial charge in [-0.2, -0.15) is 0 Å². The predicted molar refractivity (Wildman–Crippen MR) is 73.2 cm³/mol. The van der Waals surface area contributed by atoms with Gasteiger partial charge in [0.25, 0.3) is 5.91 Å². The molecular weight excluding hydrogens is 242 g/mol. The smallest absolute Gasteiger partial charge is 0.255 e. The van der Waals surface area contributed by atoms with Crippen LogP contribution in [0.2, 0.25) is 0 Å². The van der Waals surface area contributed by atoms with Gasteiger partial charge in [0.05, 0.1) is 11.7 Å². The second-order valence-corrected chi connectivity index (χ2v) is 5.10. The molecule has 1 aromatic carbocycles. The molecule has 1 amide bonds. The van der Waals surface area contributed by atoms with Crippen LogP contribution in [-0.2, 0) is 4.74 Å². The van der Waals surface area contributed by atoms with E-state index in [9.17, 15) is 9.90 Å². The number of nitrogens with one attached hydrogen (secondary N) is 1. The maximum absolute atomic E-state index is 12.0. The molecule has 19 heavy (non-hydrogen) atoms. The van der Waals surface area contributed by atoms with E-state index in [1.807, 2.05) is 6.92 Å². The van der Waals surface area contributed by atoms with Crippen molar-refractivity contribution in [2.45, 2.75) is 44.8 Å². The zero-order chi connectivity index (χ0) is 13.7. The molecule has 0 saturated carbocycles. The molecule has 1 fully saturated rings. The van der Waals surface area contributed by atoms with Gasteiger partial charge in [-0.3, -0.25) is 4.79 Å². The summed E-state index contributed by atoms with van der Waals surface area (Å²) in [6.07, 6.45) is 4.49. The van der Waals surface area contributed by atoms with E-state index in [4.69, 9.17) is 4.74 Å². The van der Waals surface area contributed by atoms with Crippen molar-refractivity contribution in [3.63, 3.8) is 0 Å². The first-order valence-electron chi connectivity index (χ1n) is 6.87. The molecule has 4 heteroatoms. The fourth-order valence-electron chi connectivity index (χ4n) is 2.35. The number of phenols is 1. The lowest BCUT2D eigenvalue weighted by Crippen LogP contribution is -2.33. The fraction of sp³-hybridized carbons (Fsp3) is 0.533. The van der Waals surface area contributed by atoms with Crippen LogP contribution >= 0.6 is 0 Å². The van der Waals surface area contributed by atoms with Crippen molar-refractivity contribution in [2.24, 2.45) is 0 Å². The third-order valence-corrected chi connectivity index (χ3v) is 3.47. The number of amides is 1. The van der Waals surface area contributed by atoms with Crippen LogP contribution in [-0.4, -0.2) is 29.8 Å². The van der Waals surface area contributed by atoms with Gasteiger partial charge in [0, 0.05) is 12.6 Å². The van der Waals surface area contributed by atoms with Crippen molar-refractivity contribution >= 4 is 5.91 Å². The van der Waals surface area contributed by atoms with Crippen molar-refractivity contribution in [1.82, 2.24) is 5.32 Å². The number of aromatic hydroxyl groups is 1. The van der Waals surface area contributed by atoms with Gasteiger partial charge < -0.3 is 15.2 Å². The summed E-state index contributed by atoms with van der Waals surface area (Å²) in [6.45, 7) is 2.84. The maximum atomic E-state index is 12.0. The van der Waals surface area contributed by atoms with Gasteiger partial charge in [-0.25, -0.2) is 0 Å². The van der Waals surface area contributed by atoms with Gasteiger partial charge in [-0.1, -0.05) is 12.1 Å². The summed E-state index contributed by atoms with van der Waals surface area (Å²) >= 11 is 0. The lowest BCUT2D eigenvalue weighted by molar-refractivity contribution is 0.0897. The minimum absolute atomic E-state index is 0.0197. The number of benzene rings is 1. The number of hydrogen-bond donors (Lipinski definition) is 2. The van der Waals surface area contributed by atoms with E-state index in [0.29, 0.717) is 11.7 Å². The number of para-hydroxylation sites is 1. The highest BCUT2D eigenvalue weighted by molar-refractivity contribution is 5.96. The first-order chi connectivity index (χ1) is 9.16. The molecule has 1 aromatic rings. The average Bonchev–Trinajstić information content (AvgIpc) is 2.90. The minimum atomic E-state index is -0.224. The number of carbonyl (C=O) groups is 1. The standard InChI is InChI=1S/C15H21NO3/c1-11(8-9-12-5-4-10-19-12)16-15(18)13-6-2-3-7-14(13)17/h2-3,6-7,11-12,17H,4-5,8-10H2,1H3,(H,16,18). The predicted octanol–water partition coefficient (Wildman–Crippen LogP) is 2.47.